The van der Waals surface area contributed by atoms with Crippen LogP contribution < -0.4 is 5.32 Å². The first-order valence-corrected chi connectivity index (χ1v) is 8.29. The van der Waals surface area contributed by atoms with Crippen LogP contribution in [-0.2, 0) is 16.0 Å². The Bertz CT molecular complexity index is 865. The highest BCUT2D eigenvalue weighted by Gasteiger charge is 2.30. The highest BCUT2D eigenvalue weighted by molar-refractivity contribution is 6.43. The number of amides is 1. The van der Waals surface area contributed by atoms with E-state index in [1.807, 2.05) is 42.5 Å². The molecule has 2 aromatic carbocycles. The predicted octanol–water partition coefficient (Wildman–Crippen LogP) is 1.86. The number of hydrogen-bond acceptors (Lipinski definition) is 5. The van der Waals surface area contributed by atoms with Gasteiger partial charge in [0.25, 0.3) is 5.91 Å². The van der Waals surface area contributed by atoms with Gasteiger partial charge in [-0.3, -0.25) is 4.79 Å². The van der Waals surface area contributed by atoms with E-state index in [9.17, 15) is 14.8 Å². The van der Waals surface area contributed by atoms with Crippen LogP contribution in [0.1, 0.15) is 17.2 Å². The number of carbonyl (C=O) groups is 1. The number of fused-ring (bicyclic) bond motifs is 1. The van der Waals surface area contributed by atoms with E-state index in [2.05, 4.69) is 5.32 Å². The molecule has 0 radical (unpaired) electrons. The third-order valence-electron chi connectivity index (χ3n) is 4.26. The van der Waals surface area contributed by atoms with Crippen molar-refractivity contribution in [2.24, 2.45) is 0 Å². The molecule has 2 atom stereocenters. The molecule has 0 spiro atoms. The highest BCUT2D eigenvalue weighted by atomic mass is 16.5. The summed E-state index contributed by atoms with van der Waals surface area (Å²) >= 11 is 0. The van der Waals surface area contributed by atoms with Crippen LogP contribution in [0.4, 0.5) is 0 Å². The average molecular weight is 353 g/mol. The molecule has 2 unspecified atom stereocenters. The van der Waals surface area contributed by atoms with Crippen molar-refractivity contribution in [3.63, 3.8) is 0 Å². The molecule has 1 aromatic heterocycles. The molecule has 0 aliphatic rings. The Hall–Kier alpha value is -2.61. The normalized spacial score (nSPS) is 13.3. The molecule has 0 saturated heterocycles. The van der Waals surface area contributed by atoms with Gasteiger partial charge in [0.05, 0.1) is 12.2 Å². The van der Waals surface area contributed by atoms with Crippen LogP contribution >= 0.6 is 0 Å². The van der Waals surface area contributed by atoms with E-state index in [4.69, 9.17) is 9.15 Å². The van der Waals surface area contributed by atoms with E-state index in [1.54, 1.807) is 18.4 Å². The Balaban J connectivity index is 1.77. The summed E-state index contributed by atoms with van der Waals surface area (Å²) in [5.41, 5.74) is 2.18. The minimum Gasteiger partial charge on any atom is -0.464 e. The molecular weight excluding hydrogens is 333 g/mol. The summed E-state index contributed by atoms with van der Waals surface area (Å²) in [5, 5.41) is 23.0. The molecule has 3 rings (SSSR count). The number of hydrogen-bond donors (Lipinski definition) is 3. The van der Waals surface area contributed by atoms with Crippen molar-refractivity contribution in [3.8, 4) is 0 Å². The summed E-state index contributed by atoms with van der Waals surface area (Å²) in [6.07, 6.45) is 0.946. The van der Waals surface area contributed by atoms with Crippen LogP contribution in [0.3, 0.4) is 0 Å². The second-order valence-electron chi connectivity index (χ2n) is 6.02. The van der Waals surface area contributed by atoms with E-state index >= 15 is 0 Å². The predicted molar refractivity (Wildman–Crippen MR) is 98.2 cm³/mol. The van der Waals surface area contributed by atoms with Crippen molar-refractivity contribution in [2.45, 2.75) is 18.5 Å². The fourth-order valence-electron chi connectivity index (χ4n) is 2.94. The second kappa shape index (κ2) is 8.18. The number of carbonyl (C=O) groups excluding carboxylic acids is 1. The lowest BCUT2D eigenvalue weighted by molar-refractivity contribution is -0.131. The smallest absolute Gasteiger partial charge is 0.464 e. The Morgan fingerprint density at radius 2 is 1.85 bits per heavy atom. The first-order chi connectivity index (χ1) is 12.6. The van der Waals surface area contributed by atoms with Crippen molar-refractivity contribution < 1.29 is 24.0 Å². The number of nitrogens with one attached hydrogen (secondary N) is 1. The largest absolute Gasteiger partial charge is 0.475 e. The number of furan rings is 1. The van der Waals surface area contributed by atoms with Gasteiger partial charge in [-0.2, -0.15) is 0 Å². The third kappa shape index (κ3) is 3.96. The fourth-order valence-corrected chi connectivity index (χ4v) is 2.94. The maximum absolute atomic E-state index is 12.6. The van der Waals surface area contributed by atoms with Crippen LogP contribution in [-0.4, -0.2) is 36.1 Å². The van der Waals surface area contributed by atoms with Gasteiger partial charge < -0.3 is 24.5 Å². The van der Waals surface area contributed by atoms with Crippen molar-refractivity contribution in [3.05, 3.63) is 72.0 Å². The van der Waals surface area contributed by atoms with E-state index in [1.165, 1.54) is 7.11 Å². The van der Waals surface area contributed by atoms with Crippen LogP contribution in [0.25, 0.3) is 11.0 Å². The summed E-state index contributed by atoms with van der Waals surface area (Å²) in [7, 11) is -0.286. The fraction of sp³-hybridized carbons (Fsp3) is 0.211. The molecule has 0 fully saturated rings. The lowest BCUT2D eigenvalue weighted by Gasteiger charge is -2.21. The molecule has 0 saturated carbocycles. The van der Waals surface area contributed by atoms with Crippen LogP contribution in [0, 0.1) is 0 Å². The number of rotatable bonds is 7. The zero-order chi connectivity index (χ0) is 18.5. The molecule has 0 aliphatic heterocycles. The molecular formula is C19H20BNO5. The molecule has 3 aromatic rings. The van der Waals surface area contributed by atoms with Gasteiger partial charge >= 0.3 is 7.12 Å². The van der Waals surface area contributed by atoms with Crippen molar-refractivity contribution in [1.82, 2.24) is 5.32 Å². The van der Waals surface area contributed by atoms with E-state index in [0.717, 1.165) is 10.9 Å². The Labute approximate surface area is 151 Å². The van der Waals surface area contributed by atoms with Gasteiger partial charge in [0, 0.05) is 12.5 Å². The number of methoxy groups -OCH3 is 1. The Kier molecular flexibility index (Phi) is 5.73. The van der Waals surface area contributed by atoms with Gasteiger partial charge in [0.2, 0.25) is 0 Å². The van der Waals surface area contributed by atoms with Gasteiger partial charge in [-0.25, -0.2) is 0 Å². The first kappa shape index (κ1) is 18.2. The van der Waals surface area contributed by atoms with Gasteiger partial charge in [-0.15, -0.1) is 0 Å². The van der Waals surface area contributed by atoms with Gasteiger partial charge in [-0.05, 0) is 23.6 Å². The summed E-state index contributed by atoms with van der Waals surface area (Å²) in [4.78, 5) is 12.6. The second-order valence-corrected chi connectivity index (χ2v) is 6.02. The zero-order valence-corrected chi connectivity index (χ0v) is 14.3. The molecule has 6 nitrogen and oxygen atoms in total. The first-order valence-electron chi connectivity index (χ1n) is 8.29. The highest BCUT2D eigenvalue weighted by Crippen LogP contribution is 2.23. The molecule has 26 heavy (non-hydrogen) atoms. The zero-order valence-electron chi connectivity index (χ0n) is 14.3. The summed E-state index contributed by atoms with van der Waals surface area (Å²) < 4.78 is 10.8. The lowest BCUT2D eigenvalue weighted by atomic mass is 9.75. The molecule has 7 heteroatoms. The maximum Gasteiger partial charge on any atom is 0.475 e. The standard InChI is InChI=1S/C19H20BNO5/c1-25-18(13-7-3-2-4-8-13)19(22)21-17(20(23)24)11-14-12-26-16-10-6-5-9-15(14)16/h2-10,12,17-18,23-24H,11H2,1H3,(H,21,22). The maximum atomic E-state index is 12.6. The lowest BCUT2D eigenvalue weighted by Crippen LogP contribution is -2.49. The van der Waals surface area contributed by atoms with E-state index in [-0.39, 0.29) is 6.42 Å². The summed E-state index contributed by atoms with van der Waals surface area (Å²) in [5.74, 6) is -1.34. The third-order valence-corrected chi connectivity index (χ3v) is 4.26. The number of para-hydroxylation sites is 1. The van der Waals surface area contributed by atoms with Crippen LogP contribution in [0.5, 0.6) is 0 Å². The van der Waals surface area contributed by atoms with Gasteiger partial charge in [0.15, 0.2) is 6.10 Å². The number of ether oxygens (including phenoxy) is 1. The minimum atomic E-state index is -1.72. The summed E-state index contributed by atoms with van der Waals surface area (Å²) in [6, 6.07) is 16.5. The molecule has 3 N–H and O–H groups in total. The topological polar surface area (TPSA) is 91.9 Å². The van der Waals surface area contributed by atoms with Crippen LogP contribution in [0.2, 0.25) is 0 Å². The van der Waals surface area contributed by atoms with Gasteiger partial charge in [-0.1, -0.05) is 48.5 Å². The number of benzene rings is 2. The molecule has 1 heterocycles. The van der Waals surface area contributed by atoms with E-state index in [0.29, 0.717) is 11.1 Å². The quantitative estimate of drug-likeness (QED) is 0.564. The van der Waals surface area contributed by atoms with E-state index < -0.39 is 25.1 Å². The molecule has 1 amide bonds. The average Bonchev–Trinajstić information content (AvgIpc) is 3.06. The Morgan fingerprint density at radius 3 is 2.54 bits per heavy atom. The van der Waals surface area contributed by atoms with Crippen LogP contribution in [0.15, 0.2) is 65.3 Å². The SMILES string of the molecule is COC(C(=O)NC(Cc1coc2ccccc12)B(O)O)c1ccccc1. The molecule has 0 bridgehead atoms. The monoisotopic (exact) mass is 353 g/mol. The molecule has 134 valence electrons. The van der Waals surface area contributed by atoms with Crippen molar-refractivity contribution in [2.75, 3.05) is 7.11 Å². The van der Waals surface area contributed by atoms with Crippen molar-refractivity contribution in [1.29, 1.82) is 0 Å². The summed E-state index contributed by atoms with van der Waals surface area (Å²) in [6.45, 7) is 0. The Morgan fingerprint density at radius 1 is 1.15 bits per heavy atom. The minimum absolute atomic E-state index is 0.214. The van der Waals surface area contributed by atoms with Crippen molar-refractivity contribution >= 4 is 24.0 Å². The van der Waals surface area contributed by atoms with Gasteiger partial charge in [0.1, 0.15) is 5.58 Å². The molecule has 0 aliphatic carbocycles.